The van der Waals surface area contributed by atoms with Gasteiger partial charge in [0, 0.05) is 29.8 Å². The fraction of sp³-hybridized carbons (Fsp3) is 0.192. The number of anilines is 1. The van der Waals surface area contributed by atoms with E-state index < -0.39 is 0 Å². The molecule has 31 heavy (non-hydrogen) atoms. The molecule has 1 aliphatic heterocycles. The highest BCUT2D eigenvalue weighted by Crippen LogP contribution is 2.34. The maximum Gasteiger partial charge on any atom is 0.183 e. The summed E-state index contributed by atoms with van der Waals surface area (Å²) in [5.74, 6) is 1.90. The van der Waals surface area contributed by atoms with Gasteiger partial charge in [0.25, 0.3) is 0 Å². The Morgan fingerprint density at radius 1 is 1.00 bits per heavy atom. The monoisotopic (exact) mass is 428 g/mol. The zero-order valence-corrected chi connectivity index (χ0v) is 18.2. The molecule has 4 nitrogen and oxygen atoms in total. The van der Waals surface area contributed by atoms with E-state index in [9.17, 15) is 0 Å². The molecule has 0 fully saturated rings. The molecule has 1 aliphatic rings. The Bertz CT molecular complexity index is 1190. The standard InChI is InChI=1S/C26H24N2O2S/c1-29-22-9-5-6-18(15-22)16-24-25(20-7-3-2-4-8-20)28-26(31-24)27-17-19-10-11-23-21(14-19)12-13-30-23/h2-11,14-15H,12-13,16-17H2,1H3,(H,27,28). The third-order valence-corrected chi connectivity index (χ3v) is 6.45. The van der Waals surface area contributed by atoms with Crippen molar-refractivity contribution in [2.24, 2.45) is 0 Å². The van der Waals surface area contributed by atoms with Gasteiger partial charge < -0.3 is 14.8 Å². The van der Waals surface area contributed by atoms with Crippen molar-refractivity contribution < 1.29 is 9.47 Å². The van der Waals surface area contributed by atoms with Gasteiger partial charge >= 0.3 is 0 Å². The summed E-state index contributed by atoms with van der Waals surface area (Å²) in [5.41, 5.74) is 5.93. The molecule has 4 aromatic rings. The van der Waals surface area contributed by atoms with Crippen molar-refractivity contribution in [3.63, 3.8) is 0 Å². The molecule has 0 unspecified atom stereocenters. The maximum absolute atomic E-state index is 5.62. The molecule has 3 aromatic carbocycles. The smallest absolute Gasteiger partial charge is 0.183 e. The summed E-state index contributed by atoms with van der Waals surface area (Å²) in [4.78, 5) is 6.20. The van der Waals surface area contributed by atoms with Crippen LogP contribution in [0.5, 0.6) is 11.5 Å². The highest BCUT2D eigenvalue weighted by Gasteiger charge is 2.15. The van der Waals surface area contributed by atoms with Crippen molar-refractivity contribution in [1.29, 1.82) is 0 Å². The summed E-state index contributed by atoms with van der Waals surface area (Å²) in [6.45, 7) is 1.53. The third-order valence-electron chi connectivity index (χ3n) is 5.44. The van der Waals surface area contributed by atoms with Crippen LogP contribution < -0.4 is 14.8 Å². The fourth-order valence-corrected chi connectivity index (χ4v) is 4.88. The molecule has 0 radical (unpaired) electrons. The number of ether oxygens (including phenoxy) is 2. The lowest BCUT2D eigenvalue weighted by molar-refractivity contribution is 0.357. The Balaban J connectivity index is 1.40. The van der Waals surface area contributed by atoms with Crippen molar-refractivity contribution in [2.45, 2.75) is 19.4 Å². The summed E-state index contributed by atoms with van der Waals surface area (Å²) in [6.07, 6.45) is 1.81. The SMILES string of the molecule is COc1cccc(Cc2sc(NCc3ccc4c(c3)CCO4)nc2-c2ccccc2)c1. The second kappa shape index (κ2) is 8.82. The summed E-state index contributed by atoms with van der Waals surface area (Å²) in [5, 5.41) is 4.47. The Hall–Kier alpha value is -3.31. The molecule has 0 saturated carbocycles. The van der Waals surface area contributed by atoms with Gasteiger partial charge in [0.2, 0.25) is 0 Å². The average molecular weight is 429 g/mol. The largest absolute Gasteiger partial charge is 0.497 e. The van der Waals surface area contributed by atoms with Crippen molar-refractivity contribution in [3.05, 3.63) is 94.4 Å². The first kappa shape index (κ1) is 19.6. The molecule has 0 bridgehead atoms. The number of hydrogen-bond donors (Lipinski definition) is 1. The fourth-order valence-electron chi connectivity index (χ4n) is 3.86. The van der Waals surface area contributed by atoms with Crippen LogP contribution in [0.3, 0.4) is 0 Å². The number of hydrogen-bond acceptors (Lipinski definition) is 5. The number of benzene rings is 3. The van der Waals surface area contributed by atoms with E-state index in [1.165, 1.54) is 21.6 Å². The van der Waals surface area contributed by atoms with E-state index >= 15 is 0 Å². The quantitative estimate of drug-likeness (QED) is 0.395. The lowest BCUT2D eigenvalue weighted by Gasteiger charge is -2.05. The van der Waals surface area contributed by atoms with Crippen molar-refractivity contribution in [3.8, 4) is 22.8 Å². The maximum atomic E-state index is 5.62. The van der Waals surface area contributed by atoms with Gasteiger partial charge in [-0.3, -0.25) is 0 Å². The first-order valence-corrected chi connectivity index (χ1v) is 11.3. The number of nitrogens with one attached hydrogen (secondary N) is 1. The van der Waals surface area contributed by atoms with Crippen molar-refractivity contribution in [2.75, 3.05) is 19.0 Å². The normalized spacial score (nSPS) is 12.3. The van der Waals surface area contributed by atoms with Gasteiger partial charge in [-0.05, 0) is 34.9 Å². The molecule has 0 amide bonds. The van der Waals surface area contributed by atoms with Gasteiger partial charge in [-0.15, -0.1) is 11.3 Å². The molecular formula is C26H24N2O2S. The molecule has 0 saturated heterocycles. The predicted molar refractivity (Wildman–Crippen MR) is 126 cm³/mol. The van der Waals surface area contributed by atoms with Gasteiger partial charge in [-0.2, -0.15) is 0 Å². The van der Waals surface area contributed by atoms with E-state index in [1.807, 2.05) is 18.2 Å². The molecule has 0 aliphatic carbocycles. The highest BCUT2D eigenvalue weighted by atomic mass is 32.1. The lowest BCUT2D eigenvalue weighted by Crippen LogP contribution is -1.99. The molecule has 0 atom stereocenters. The molecule has 0 spiro atoms. The number of rotatable bonds is 7. The minimum Gasteiger partial charge on any atom is -0.497 e. The van der Waals surface area contributed by atoms with Crippen LogP contribution >= 0.6 is 11.3 Å². The van der Waals surface area contributed by atoms with Crippen LogP contribution in [0.4, 0.5) is 5.13 Å². The summed E-state index contributed by atoms with van der Waals surface area (Å²) in [7, 11) is 1.70. The first-order chi connectivity index (χ1) is 15.3. The molecular weight excluding hydrogens is 404 g/mol. The van der Waals surface area contributed by atoms with Gasteiger partial charge in [0.15, 0.2) is 5.13 Å². The molecule has 2 heterocycles. The zero-order chi connectivity index (χ0) is 21.0. The van der Waals surface area contributed by atoms with Crippen LogP contribution in [0.15, 0.2) is 72.8 Å². The average Bonchev–Trinajstić information content (AvgIpc) is 3.45. The second-order valence-corrected chi connectivity index (χ2v) is 8.66. The minimum absolute atomic E-state index is 0.744. The van der Waals surface area contributed by atoms with E-state index in [1.54, 1.807) is 18.4 Å². The third kappa shape index (κ3) is 4.42. The van der Waals surface area contributed by atoms with Crippen LogP contribution in [0.2, 0.25) is 0 Å². The van der Waals surface area contributed by atoms with E-state index in [2.05, 4.69) is 59.9 Å². The molecule has 5 heteroatoms. The molecule has 156 valence electrons. The minimum atomic E-state index is 0.744. The number of methoxy groups -OCH3 is 1. The van der Waals surface area contributed by atoms with E-state index in [4.69, 9.17) is 14.5 Å². The lowest BCUT2D eigenvalue weighted by atomic mass is 10.1. The van der Waals surface area contributed by atoms with Crippen LogP contribution in [0, 0.1) is 0 Å². The number of fused-ring (bicyclic) bond motifs is 1. The summed E-state index contributed by atoms with van der Waals surface area (Å²) >= 11 is 1.72. The highest BCUT2D eigenvalue weighted by molar-refractivity contribution is 7.16. The van der Waals surface area contributed by atoms with Gasteiger partial charge in [0.1, 0.15) is 11.5 Å². The van der Waals surface area contributed by atoms with Crippen molar-refractivity contribution in [1.82, 2.24) is 4.98 Å². The van der Waals surface area contributed by atoms with Gasteiger partial charge in [0.05, 0.1) is 19.4 Å². The van der Waals surface area contributed by atoms with Crippen LogP contribution in [0.1, 0.15) is 21.6 Å². The summed E-state index contributed by atoms with van der Waals surface area (Å²) in [6, 6.07) is 25.1. The Morgan fingerprint density at radius 2 is 1.90 bits per heavy atom. The van der Waals surface area contributed by atoms with E-state index in [0.717, 1.165) is 53.9 Å². The van der Waals surface area contributed by atoms with Crippen molar-refractivity contribution >= 4 is 16.5 Å². The first-order valence-electron chi connectivity index (χ1n) is 10.4. The van der Waals surface area contributed by atoms with Crippen LogP contribution in [0.25, 0.3) is 11.3 Å². The van der Waals surface area contributed by atoms with E-state index in [-0.39, 0.29) is 0 Å². The Labute approximate surface area is 186 Å². The van der Waals surface area contributed by atoms with Crippen LogP contribution in [-0.4, -0.2) is 18.7 Å². The zero-order valence-electron chi connectivity index (χ0n) is 17.4. The van der Waals surface area contributed by atoms with Gasteiger partial charge in [-0.25, -0.2) is 4.98 Å². The number of aromatic nitrogens is 1. The number of nitrogens with zero attached hydrogens (tertiary/aromatic N) is 1. The molecule has 5 rings (SSSR count). The van der Waals surface area contributed by atoms with Crippen LogP contribution in [-0.2, 0) is 19.4 Å². The van der Waals surface area contributed by atoms with E-state index in [0.29, 0.717) is 0 Å². The second-order valence-electron chi connectivity index (χ2n) is 7.58. The molecule has 1 aromatic heterocycles. The predicted octanol–water partition coefficient (Wildman–Crippen LogP) is 5.96. The topological polar surface area (TPSA) is 43.4 Å². The Kier molecular flexibility index (Phi) is 5.59. The number of thiazole rings is 1. The Morgan fingerprint density at radius 3 is 2.77 bits per heavy atom. The summed E-state index contributed by atoms with van der Waals surface area (Å²) < 4.78 is 11.0. The van der Waals surface area contributed by atoms with Gasteiger partial charge in [-0.1, -0.05) is 54.6 Å². The molecule has 1 N–H and O–H groups in total.